The van der Waals surface area contributed by atoms with Crippen LogP contribution in [0.25, 0.3) is 11.6 Å². The van der Waals surface area contributed by atoms with Gasteiger partial charge in [-0.15, -0.1) is 10.2 Å². The van der Waals surface area contributed by atoms with Crippen LogP contribution >= 0.6 is 0 Å². The molecule has 1 amide bonds. The number of anilines is 1. The van der Waals surface area contributed by atoms with Crippen LogP contribution in [0.1, 0.15) is 73.3 Å². The highest BCUT2D eigenvalue weighted by atomic mass is 19.4. The molecule has 214 valence electrons. The largest absolute Gasteiger partial charge is 0.426 e. The first-order valence-electron chi connectivity index (χ1n) is 12.1. The van der Waals surface area contributed by atoms with Gasteiger partial charge in [-0.25, -0.2) is 13.8 Å². The molecule has 2 saturated carbocycles. The molecule has 39 heavy (non-hydrogen) atoms. The summed E-state index contributed by atoms with van der Waals surface area (Å²) in [5, 5.41) is 17.1. The lowest BCUT2D eigenvalue weighted by atomic mass is 9.52. The van der Waals surface area contributed by atoms with E-state index in [4.69, 9.17) is 10.2 Å². The van der Waals surface area contributed by atoms with Gasteiger partial charge in [-0.2, -0.15) is 26.3 Å². The standard InChI is InChI=1S/C23H23F8N5O3/c24-20(25)9-19(10-20)7-11(8-19)36-5-3-1-2-4-21(38,23(29,30)31)18-35-34-16(39-18)15-13(32)6-12(22(26,27)28)14(33-15)17(36)37/h6,11,38H,1-5,7-10,32H2/t21-/m1/s1. The normalized spacial score (nSPS) is 25.7. The number of nitrogens with zero attached hydrogens (tertiary/aromatic N) is 4. The van der Waals surface area contributed by atoms with Crippen molar-refractivity contribution in [3.8, 4) is 11.6 Å². The van der Waals surface area contributed by atoms with E-state index in [1.165, 1.54) is 0 Å². The maximum atomic E-state index is 13.9. The Bertz CT molecular complexity index is 1280. The number of pyridine rings is 1. The Hall–Kier alpha value is -3.04. The zero-order chi connectivity index (χ0) is 28.6. The Balaban J connectivity index is 1.58. The Morgan fingerprint density at radius 2 is 1.69 bits per heavy atom. The summed E-state index contributed by atoms with van der Waals surface area (Å²) in [6, 6.07) is -0.263. The van der Waals surface area contributed by atoms with Crippen LogP contribution in [0.3, 0.4) is 0 Å². The molecule has 4 bridgehead atoms. The third-order valence-electron chi connectivity index (χ3n) is 7.75. The number of rotatable bonds is 1. The lowest BCUT2D eigenvalue weighted by Gasteiger charge is -2.59. The van der Waals surface area contributed by atoms with Crippen molar-refractivity contribution in [1.82, 2.24) is 20.1 Å². The SMILES string of the molecule is Nc1cc(C(F)(F)F)c2nc1-c1nnc(o1)[C@@](O)(C(F)(F)F)CCCCCN(C1CC3(C1)CC(F)(F)C3)C2=O. The maximum Gasteiger partial charge on any atom is 0.426 e. The fraction of sp³-hybridized carbons (Fsp3) is 0.652. The molecule has 0 aromatic carbocycles. The molecule has 0 unspecified atom stereocenters. The van der Waals surface area contributed by atoms with E-state index in [1.54, 1.807) is 0 Å². The Morgan fingerprint density at radius 3 is 2.28 bits per heavy atom. The molecule has 0 radical (unpaired) electrons. The highest BCUT2D eigenvalue weighted by molar-refractivity contribution is 5.95. The van der Waals surface area contributed by atoms with E-state index in [9.17, 15) is 45.0 Å². The van der Waals surface area contributed by atoms with Crippen molar-refractivity contribution in [2.45, 2.75) is 81.3 Å². The van der Waals surface area contributed by atoms with Gasteiger partial charge in [-0.3, -0.25) is 4.79 Å². The molecular formula is C23H23F8N5O3. The van der Waals surface area contributed by atoms with Crippen LogP contribution in [0, 0.1) is 5.41 Å². The van der Waals surface area contributed by atoms with Crippen molar-refractivity contribution >= 4 is 11.6 Å². The monoisotopic (exact) mass is 569 g/mol. The zero-order valence-electron chi connectivity index (χ0n) is 20.2. The molecule has 2 aromatic rings. The van der Waals surface area contributed by atoms with Gasteiger partial charge in [0.1, 0.15) is 5.69 Å². The molecule has 2 fully saturated rings. The molecule has 2 aromatic heterocycles. The smallest absolute Gasteiger partial charge is 0.416 e. The maximum absolute atomic E-state index is 13.9. The van der Waals surface area contributed by atoms with E-state index in [0.717, 1.165) is 4.90 Å². The number of alkyl halides is 8. The highest BCUT2D eigenvalue weighted by Gasteiger charge is 2.63. The zero-order valence-corrected chi connectivity index (χ0v) is 20.2. The van der Waals surface area contributed by atoms with E-state index < -0.39 is 82.1 Å². The number of amides is 1. The summed E-state index contributed by atoms with van der Waals surface area (Å²) in [7, 11) is 0. The first-order valence-corrected chi connectivity index (χ1v) is 12.1. The summed E-state index contributed by atoms with van der Waals surface area (Å²) < 4.78 is 115. The second kappa shape index (κ2) is 8.73. The number of aromatic nitrogens is 3. The average Bonchev–Trinajstić information content (AvgIpc) is 3.26. The summed E-state index contributed by atoms with van der Waals surface area (Å²) in [4.78, 5) is 18.4. The van der Waals surface area contributed by atoms with Crippen molar-refractivity contribution in [2.75, 3.05) is 12.3 Å². The van der Waals surface area contributed by atoms with Crippen LogP contribution in [0.5, 0.6) is 0 Å². The topological polar surface area (TPSA) is 118 Å². The Morgan fingerprint density at radius 1 is 1.03 bits per heavy atom. The van der Waals surface area contributed by atoms with Crippen LogP contribution in [0.4, 0.5) is 40.8 Å². The van der Waals surface area contributed by atoms with E-state index >= 15 is 0 Å². The first-order chi connectivity index (χ1) is 17.9. The Kier molecular flexibility index (Phi) is 6.16. The molecule has 0 saturated heterocycles. The molecule has 5 rings (SSSR count). The molecule has 3 N–H and O–H groups in total. The van der Waals surface area contributed by atoms with Crippen LogP contribution < -0.4 is 5.73 Å². The van der Waals surface area contributed by atoms with Gasteiger partial charge in [0, 0.05) is 25.4 Å². The van der Waals surface area contributed by atoms with Gasteiger partial charge in [-0.1, -0.05) is 6.42 Å². The molecule has 2 aliphatic carbocycles. The number of hydrogen-bond acceptors (Lipinski definition) is 7. The van der Waals surface area contributed by atoms with E-state index in [2.05, 4.69) is 15.2 Å². The fourth-order valence-corrected chi connectivity index (χ4v) is 5.86. The third kappa shape index (κ3) is 4.69. The van der Waals surface area contributed by atoms with Crippen LogP contribution in [0.15, 0.2) is 10.5 Å². The molecule has 1 atom stereocenters. The lowest BCUT2D eigenvalue weighted by Crippen LogP contribution is -2.61. The van der Waals surface area contributed by atoms with Crippen molar-refractivity contribution in [3.63, 3.8) is 0 Å². The fourth-order valence-electron chi connectivity index (χ4n) is 5.86. The van der Waals surface area contributed by atoms with Gasteiger partial charge < -0.3 is 20.2 Å². The van der Waals surface area contributed by atoms with E-state index in [1.807, 2.05) is 0 Å². The molecule has 16 heteroatoms. The molecular weight excluding hydrogens is 546 g/mol. The van der Waals surface area contributed by atoms with Crippen LogP contribution in [-0.4, -0.2) is 55.8 Å². The van der Waals surface area contributed by atoms with Crippen molar-refractivity contribution in [3.05, 3.63) is 23.2 Å². The minimum Gasteiger partial charge on any atom is -0.416 e. The van der Waals surface area contributed by atoms with Crippen LogP contribution in [0.2, 0.25) is 0 Å². The number of nitrogens with two attached hydrogens (primary N) is 1. The number of nitrogen functional groups attached to an aromatic ring is 1. The van der Waals surface area contributed by atoms with Gasteiger partial charge in [0.25, 0.3) is 17.7 Å². The van der Waals surface area contributed by atoms with E-state index in [0.29, 0.717) is 6.07 Å². The summed E-state index contributed by atoms with van der Waals surface area (Å²) in [6.45, 7) is -0.155. The van der Waals surface area contributed by atoms with Crippen LogP contribution in [-0.2, 0) is 11.8 Å². The quantitative estimate of drug-likeness (QED) is 0.460. The average molecular weight is 569 g/mol. The van der Waals surface area contributed by atoms with Gasteiger partial charge in [-0.05, 0) is 43.6 Å². The highest BCUT2D eigenvalue weighted by Crippen LogP contribution is 2.63. The molecule has 3 aliphatic rings. The minimum absolute atomic E-state index is 0.0473. The minimum atomic E-state index is -5.23. The van der Waals surface area contributed by atoms with Gasteiger partial charge in [0.05, 0.1) is 11.3 Å². The predicted molar refractivity (Wildman–Crippen MR) is 116 cm³/mol. The number of aliphatic hydroxyl groups is 1. The number of carbonyl (C=O) groups is 1. The van der Waals surface area contributed by atoms with Crippen molar-refractivity contribution < 1.29 is 49.4 Å². The number of halogens is 8. The van der Waals surface area contributed by atoms with E-state index in [-0.39, 0.29) is 51.5 Å². The molecule has 8 nitrogen and oxygen atoms in total. The Labute approximate surface area is 215 Å². The lowest BCUT2D eigenvalue weighted by molar-refractivity contribution is -0.277. The summed E-state index contributed by atoms with van der Waals surface area (Å²) in [5.74, 6) is -6.02. The number of carbonyl (C=O) groups excluding carboxylic acids is 1. The molecule has 1 aliphatic heterocycles. The number of fused-ring (bicyclic) bond motifs is 5. The van der Waals surface area contributed by atoms with Crippen molar-refractivity contribution in [2.24, 2.45) is 5.41 Å². The second-order valence-corrected chi connectivity index (χ2v) is 10.7. The summed E-state index contributed by atoms with van der Waals surface area (Å²) in [5.41, 5.74) is -2.48. The van der Waals surface area contributed by atoms with Gasteiger partial charge in [0.2, 0.25) is 11.5 Å². The van der Waals surface area contributed by atoms with Crippen molar-refractivity contribution in [1.29, 1.82) is 0 Å². The first kappa shape index (κ1) is 27.5. The summed E-state index contributed by atoms with van der Waals surface area (Å²) >= 11 is 0. The predicted octanol–water partition coefficient (Wildman–Crippen LogP) is 5.08. The summed E-state index contributed by atoms with van der Waals surface area (Å²) in [6.07, 6.45) is -11.7. The third-order valence-corrected chi connectivity index (χ3v) is 7.75. The number of hydrogen-bond donors (Lipinski definition) is 2. The van der Waals surface area contributed by atoms with Gasteiger partial charge >= 0.3 is 12.4 Å². The molecule has 3 heterocycles. The molecule has 1 spiro atoms. The second-order valence-electron chi connectivity index (χ2n) is 10.7. The van der Waals surface area contributed by atoms with Gasteiger partial charge in [0.15, 0.2) is 5.69 Å².